The average molecular weight is 327 g/mol. The molecule has 0 unspecified atom stereocenters. The van der Waals surface area contributed by atoms with Gasteiger partial charge in [0.2, 0.25) is 0 Å². The first-order valence-corrected chi connectivity index (χ1v) is 6.90. The second-order valence-electron chi connectivity index (χ2n) is 4.07. The molecule has 0 fully saturated rings. The van der Waals surface area contributed by atoms with Gasteiger partial charge in [-0.1, -0.05) is 19.1 Å². The Hall–Kier alpha value is -1.14. The van der Waals surface area contributed by atoms with Crippen LogP contribution in [-0.2, 0) is 20.0 Å². The molecule has 2 aromatic rings. The summed E-state index contributed by atoms with van der Waals surface area (Å²) in [5.41, 5.74) is 8.75. The number of nitrogens with two attached hydrogens (primary N) is 1. The Balaban J connectivity index is 2.37. The molecule has 0 aromatic carbocycles. The number of rotatable bonds is 4. The SMILES string of the molecule is CCc1nn(C)c(Cn2cccc2C(N)=S)c1Br. The Kier molecular flexibility index (Phi) is 3.87. The Morgan fingerprint density at radius 1 is 1.56 bits per heavy atom. The number of aromatic nitrogens is 3. The topological polar surface area (TPSA) is 48.8 Å². The molecule has 0 radical (unpaired) electrons. The van der Waals surface area contributed by atoms with Crippen molar-refractivity contribution in [1.29, 1.82) is 0 Å². The molecule has 18 heavy (non-hydrogen) atoms. The molecular weight excluding hydrogens is 312 g/mol. The lowest BCUT2D eigenvalue weighted by Crippen LogP contribution is -2.16. The summed E-state index contributed by atoms with van der Waals surface area (Å²) >= 11 is 8.64. The van der Waals surface area contributed by atoms with Gasteiger partial charge in [-0.2, -0.15) is 5.10 Å². The molecule has 2 rings (SSSR count). The highest BCUT2D eigenvalue weighted by Gasteiger charge is 2.14. The maximum absolute atomic E-state index is 5.70. The van der Waals surface area contributed by atoms with Crippen molar-refractivity contribution in [3.63, 3.8) is 0 Å². The van der Waals surface area contributed by atoms with Crippen LogP contribution in [0.25, 0.3) is 0 Å². The summed E-state index contributed by atoms with van der Waals surface area (Å²) in [6.45, 7) is 2.79. The van der Waals surface area contributed by atoms with Crippen LogP contribution in [0.2, 0.25) is 0 Å². The molecule has 0 saturated heterocycles. The number of hydrogen-bond acceptors (Lipinski definition) is 2. The van der Waals surface area contributed by atoms with Gasteiger partial charge in [-0.3, -0.25) is 4.68 Å². The van der Waals surface area contributed by atoms with Gasteiger partial charge in [-0.15, -0.1) is 0 Å². The van der Waals surface area contributed by atoms with E-state index in [0.29, 0.717) is 11.5 Å². The summed E-state index contributed by atoms with van der Waals surface area (Å²) in [5, 5.41) is 4.48. The van der Waals surface area contributed by atoms with Gasteiger partial charge in [-0.25, -0.2) is 0 Å². The number of thiocarbonyl (C=S) groups is 1. The standard InChI is InChI=1S/C12H15BrN4S/c1-3-8-11(13)10(16(2)15-8)7-17-6-4-5-9(17)12(14)18/h4-6H,3,7H2,1-2H3,(H2,14,18). The van der Waals surface area contributed by atoms with Gasteiger partial charge in [0.1, 0.15) is 4.99 Å². The van der Waals surface area contributed by atoms with E-state index < -0.39 is 0 Å². The molecule has 2 heterocycles. The highest BCUT2D eigenvalue weighted by atomic mass is 79.9. The first kappa shape index (κ1) is 13.3. The molecule has 0 aliphatic rings. The number of nitrogens with zero attached hydrogens (tertiary/aromatic N) is 3. The summed E-state index contributed by atoms with van der Waals surface area (Å²) in [6, 6.07) is 3.87. The van der Waals surface area contributed by atoms with E-state index in [1.54, 1.807) is 0 Å². The van der Waals surface area contributed by atoms with Crippen molar-refractivity contribution < 1.29 is 0 Å². The van der Waals surface area contributed by atoms with Crippen molar-refractivity contribution in [2.24, 2.45) is 12.8 Å². The summed E-state index contributed by atoms with van der Waals surface area (Å²) < 4.78 is 4.99. The van der Waals surface area contributed by atoms with E-state index in [1.165, 1.54) is 0 Å². The molecule has 2 N–H and O–H groups in total. The largest absolute Gasteiger partial charge is 0.388 e. The van der Waals surface area contributed by atoms with Crippen LogP contribution >= 0.6 is 28.1 Å². The van der Waals surface area contributed by atoms with Gasteiger partial charge in [0.25, 0.3) is 0 Å². The quantitative estimate of drug-likeness (QED) is 0.876. The van der Waals surface area contributed by atoms with Gasteiger partial charge in [0, 0.05) is 13.2 Å². The Bertz CT molecular complexity index is 585. The van der Waals surface area contributed by atoms with Crippen LogP contribution in [-0.4, -0.2) is 19.3 Å². The fraction of sp³-hybridized carbons (Fsp3) is 0.333. The highest BCUT2D eigenvalue weighted by Crippen LogP contribution is 2.23. The predicted molar refractivity (Wildman–Crippen MR) is 79.7 cm³/mol. The minimum Gasteiger partial charge on any atom is -0.388 e. The normalized spacial score (nSPS) is 10.8. The molecule has 0 atom stereocenters. The van der Waals surface area contributed by atoms with E-state index >= 15 is 0 Å². The van der Waals surface area contributed by atoms with Crippen LogP contribution in [0.1, 0.15) is 24.0 Å². The van der Waals surface area contributed by atoms with Gasteiger partial charge in [0.15, 0.2) is 0 Å². The Labute approximate surface area is 120 Å². The van der Waals surface area contributed by atoms with E-state index in [9.17, 15) is 0 Å². The van der Waals surface area contributed by atoms with E-state index in [4.69, 9.17) is 18.0 Å². The Morgan fingerprint density at radius 2 is 2.28 bits per heavy atom. The second-order valence-corrected chi connectivity index (χ2v) is 5.30. The van der Waals surface area contributed by atoms with Crippen LogP contribution in [0, 0.1) is 0 Å². The third-order valence-corrected chi connectivity index (χ3v) is 4.03. The van der Waals surface area contributed by atoms with Crippen LogP contribution in [0.3, 0.4) is 0 Å². The number of halogens is 1. The van der Waals surface area contributed by atoms with Gasteiger partial charge in [0.05, 0.1) is 28.1 Å². The maximum atomic E-state index is 5.70. The zero-order valence-electron chi connectivity index (χ0n) is 10.4. The van der Waals surface area contributed by atoms with Crippen LogP contribution < -0.4 is 5.73 Å². The van der Waals surface area contributed by atoms with Crippen LogP contribution in [0.15, 0.2) is 22.8 Å². The zero-order chi connectivity index (χ0) is 13.3. The average Bonchev–Trinajstić information content (AvgIpc) is 2.88. The first-order valence-electron chi connectivity index (χ1n) is 5.69. The van der Waals surface area contributed by atoms with Crippen molar-refractivity contribution in [1.82, 2.24) is 14.3 Å². The summed E-state index contributed by atoms with van der Waals surface area (Å²) in [7, 11) is 1.95. The lowest BCUT2D eigenvalue weighted by atomic mass is 10.3. The van der Waals surface area contributed by atoms with Gasteiger partial charge >= 0.3 is 0 Å². The molecule has 0 saturated carbocycles. The van der Waals surface area contributed by atoms with E-state index in [1.807, 2.05) is 34.6 Å². The monoisotopic (exact) mass is 326 g/mol. The minimum atomic E-state index is 0.411. The molecular formula is C12H15BrN4S. The van der Waals surface area contributed by atoms with Crippen molar-refractivity contribution >= 4 is 33.1 Å². The minimum absolute atomic E-state index is 0.411. The van der Waals surface area contributed by atoms with E-state index in [2.05, 4.69) is 28.0 Å². The predicted octanol–water partition coefficient (Wildman–Crippen LogP) is 2.23. The van der Waals surface area contributed by atoms with E-state index in [0.717, 1.165) is 28.0 Å². The molecule has 0 amide bonds. The van der Waals surface area contributed by atoms with Crippen molar-refractivity contribution in [3.05, 3.63) is 39.9 Å². The fourth-order valence-corrected chi connectivity index (χ4v) is 2.86. The maximum Gasteiger partial charge on any atom is 0.120 e. The molecule has 96 valence electrons. The molecule has 4 nitrogen and oxygen atoms in total. The smallest absolute Gasteiger partial charge is 0.120 e. The summed E-state index contributed by atoms with van der Waals surface area (Å²) in [5.74, 6) is 0. The van der Waals surface area contributed by atoms with Crippen molar-refractivity contribution in [2.75, 3.05) is 0 Å². The summed E-state index contributed by atoms with van der Waals surface area (Å²) in [4.78, 5) is 0.411. The lowest BCUT2D eigenvalue weighted by molar-refractivity contribution is 0.659. The fourth-order valence-electron chi connectivity index (χ4n) is 1.93. The second kappa shape index (κ2) is 5.24. The Morgan fingerprint density at radius 3 is 2.83 bits per heavy atom. The van der Waals surface area contributed by atoms with Crippen molar-refractivity contribution in [3.8, 4) is 0 Å². The van der Waals surface area contributed by atoms with Gasteiger partial charge in [-0.05, 0) is 34.5 Å². The molecule has 0 aliphatic carbocycles. The van der Waals surface area contributed by atoms with Crippen LogP contribution in [0.5, 0.6) is 0 Å². The molecule has 2 aromatic heterocycles. The zero-order valence-corrected chi connectivity index (χ0v) is 12.8. The molecule has 0 bridgehead atoms. The highest BCUT2D eigenvalue weighted by molar-refractivity contribution is 9.10. The number of aryl methyl sites for hydroxylation is 2. The first-order chi connectivity index (χ1) is 8.54. The third kappa shape index (κ3) is 2.35. The molecule has 0 spiro atoms. The third-order valence-electron chi connectivity index (χ3n) is 2.91. The lowest BCUT2D eigenvalue weighted by Gasteiger charge is -2.09. The number of hydrogen-bond donors (Lipinski definition) is 1. The molecule has 6 heteroatoms. The van der Waals surface area contributed by atoms with Crippen LogP contribution in [0.4, 0.5) is 0 Å². The van der Waals surface area contributed by atoms with E-state index in [-0.39, 0.29) is 0 Å². The summed E-state index contributed by atoms with van der Waals surface area (Å²) in [6.07, 6.45) is 2.88. The molecule has 0 aliphatic heterocycles. The van der Waals surface area contributed by atoms with Crippen molar-refractivity contribution in [2.45, 2.75) is 19.9 Å². The van der Waals surface area contributed by atoms with Gasteiger partial charge < -0.3 is 10.3 Å².